The highest BCUT2D eigenvalue weighted by molar-refractivity contribution is 7.76. The average molecular weight is 440 g/mol. The van der Waals surface area contributed by atoms with Crippen molar-refractivity contribution >= 4 is 17.2 Å². The number of nitrogens with one attached hydrogen (secondary N) is 1. The Morgan fingerprint density at radius 1 is 1.27 bits per heavy atom. The normalized spacial score (nSPS) is 17.0. The summed E-state index contributed by atoms with van der Waals surface area (Å²) in [5.41, 5.74) is 0.771. The first-order valence-electron chi connectivity index (χ1n) is 11.0. The number of carbonyl (C=O) groups is 1. The lowest BCUT2D eigenvalue weighted by Gasteiger charge is -2.30. The van der Waals surface area contributed by atoms with E-state index < -0.39 is 23.3 Å². The largest absolute Gasteiger partial charge is 0.760 e. The average Bonchev–Trinajstić information content (AvgIpc) is 2.74. The summed E-state index contributed by atoms with van der Waals surface area (Å²) in [6.45, 7) is 5.09. The molecule has 1 fully saturated rings. The molecule has 2 N–H and O–H groups in total. The third-order valence-electron chi connectivity index (χ3n) is 5.64. The van der Waals surface area contributed by atoms with Crippen molar-refractivity contribution in [2.24, 2.45) is 5.92 Å². The Morgan fingerprint density at radius 2 is 1.97 bits per heavy atom. The number of benzene rings is 1. The lowest BCUT2D eigenvalue weighted by molar-refractivity contribution is -0.141. The number of carboxylic acid groups (broad SMARTS) is 1. The summed E-state index contributed by atoms with van der Waals surface area (Å²) in [5.74, 6) is 0.458. The second-order valence-corrected chi connectivity index (χ2v) is 8.85. The number of hydrogen-bond donors (Lipinski definition) is 2. The van der Waals surface area contributed by atoms with Crippen LogP contribution in [-0.2, 0) is 22.5 Å². The molecule has 2 rings (SSSR count). The first-order chi connectivity index (χ1) is 14.5. The van der Waals surface area contributed by atoms with Gasteiger partial charge in [0.15, 0.2) is 0 Å². The Morgan fingerprint density at radius 3 is 2.57 bits per heavy atom. The smallest absolute Gasteiger partial charge is 0.322 e. The lowest BCUT2D eigenvalue weighted by Crippen LogP contribution is -2.44. The minimum Gasteiger partial charge on any atom is -0.760 e. The maximum absolute atomic E-state index is 11.7. The molecule has 0 saturated carbocycles. The van der Waals surface area contributed by atoms with Crippen LogP contribution in [0, 0.1) is 5.92 Å². The second kappa shape index (κ2) is 13.7. The third-order valence-corrected chi connectivity index (χ3v) is 6.46. The van der Waals surface area contributed by atoms with Crippen LogP contribution in [0.15, 0.2) is 24.3 Å². The molecule has 0 aliphatic carbocycles. The van der Waals surface area contributed by atoms with E-state index in [0.717, 1.165) is 47.5 Å². The molecule has 8 heteroatoms. The van der Waals surface area contributed by atoms with E-state index in [0.29, 0.717) is 13.0 Å². The van der Waals surface area contributed by atoms with Crippen LogP contribution in [0.4, 0.5) is 0 Å². The van der Waals surface area contributed by atoms with Crippen molar-refractivity contribution in [2.45, 2.75) is 64.3 Å². The topological polar surface area (TPSA) is 102 Å². The minimum atomic E-state index is -2.57. The third kappa shape index (κ3) is 8.71. The zero-order valence-corrected chi connectivity index (χ0v) is 18.7. The Labute approximate surface area is 182 Å². The van der Waals surface area contributed by atoms with Crippen LogP contribution in [0.3, 0.4) is 0 Å². The fourth-order valence-corrected chi connectivity index (χ4v) is 4.45. The molecule has 0 amide bonds. The highest BCUT2D eigenvalue weighted by atomic mass is 32.2. The molecule has 7 nitrogen and oxygen atoms in total. The van der Waals surface area contributed by atoms with Gasteiger partial charge in [-0.2, -0.15) is 0 Å². The number of nitrogens with zero attached hydrogens (tertiary/aromatic N) is 1. The van der Waals surface area contributed by atoms with E-state index in [-0.39, 0.29) is 13.0 Å². The van der Waals surface area contributed by atoms with Crippen LogP contribution in [0.1, 0.15) is 57.4 Å². The molecule has 1 aliphatic heterocycles. The van der Waals surface area contributed by atoms with Gasteiger partial charge in [-0.3, -0.25) is 9.00 Å². The van der Waals surface area contributed by atoms with Crippen LogP contribution in [0.2, 0.25) is 0 Å². The predicted octanol–water partition coefficient (Wildman–Crippen LogP) is 3.13. The summed E-state index contributed by atoms with van der Waals surface area (Å²) in [6.07, 6.45) is 7.55. The summed E-state index contributed by atoms with van der Waals surface area (Å²) in [4.78, 5) is 11.7. The number of carboxylic acids is 1. The van der Waals surface area contributed by atoms with E-state index in [1.807, 2.05) is 31.2 Å². The monoisotopic (exact) mass is 439 g/mol. The highest BCUT2D eigenvalue weighted by Crippen LogP contribution is 2.20. The molecule has 0 radical (unpaired) electrons. The molecule has 0 aromatic heterocycles. The maximum Gasteiger partial charge on any atom is 0.322 e. The van der Waals surface area contributed by atoms with Gasteiger partial charge in [0.2, 0.25) is 0 Å². The Balaban J connectivity index is 1.78. The predicted molar refractivity (Wildman–Crippen MR) is 117 cm³/mol. The van der Waals surface area contributed by atoms with Gasteiger partial charge < -0.3 is 19.7 Å². The number of ether oxygens (including phenoxy) is 1. The number of piperidine rings is 1. The van der Waals surface area contributed by atoms with Crippen LogP contribution in [0.5, 0.6) is 5.75 Å². The Bertz CT molecular complexity index is 649. The summed E-state index contributed by atoms with van der Waals surface area (Å²) in [6, 6.07) is 6.17. The van der Waals surface area contributed by atoms with Crippen LogP contribution in [-0.4, -0.2) is 56.4 Å². The number of rotatable bonds is 14. The zero-order chi connectivity index (χ0) is 21.8. The number of unbranched alkanes of at least 4 members (excludes halogenated alkanes) is 2. The van der Waals surface area contributed by atoms with Gasteiger partial charge in [-0.25, -0.2) is 4.31 Å². The van der Waals surface area contributed by atoms with Gasteiger partial charge >= 0.3 is 5.97 Å². The van der Waals surface area contributed by atoms with Crippen molar-refractivity contribution in [1.29, 1.82) is 0 Å². The molecule has 0 bridgehead atoms. The maximum atomic E-state index is 11.7. The molecule has 1 heterocycles. The van der Waals surface area contributed by atoms with Crippen molar-refractivity contribution in [3.8, 4) is 5.75 Å². The van der Waals surface area contributed by atoms with Crippen molar-refractivity contribution in [3.63, 3.8) is 0 Å². The summed E-state index contributed by atoms with van der Waals surface area (Å²) in [5, 5.41) is 12.9. The van der Waals surface area contributed by atoms with E-state index in [4.69, 9.17) is 4.74 Å². The number of aliphatic carboxylic acids is 1. The SMILES string of the molecule is CCCCN(C(Cc1ccc(OCCCCC2CCNCC2)cc1)C(=O)O)S(=O)[O-]. The van der Waals surface area contributed by atoms with Crippen LogP contribution in [0.25, 0.3) is 0 Å². The molecule has 0 spiro atoms. The van der Waals surface area contributed by atoms with Crippen molar-refractivity contribution in [1.82, 2.24) is 9.62 Å². The van der Waals surface area contributed by atoms with Gasteiger partial charge in [-0.1, -0.05) is 31.9 Å². The quantitative estimate of drug-likeness (QED) is 0.341. The molecule has 30 heavy (non-hydrogen) atoms. The molecule has 170 valence electrons. The van der Waals surface area contributed by atoms with Gasteiger partial charge in [0.25, 0.3) is 0 Å². The van der Waals surface area contributed by atoms with E-state index in [9.17, 15) is 18.7 Å². The molecular formula is C22H35N2O5S-. The van der Waals surface area contributed by atoms with Crippen molar-refractivity contribution in [2.75, 3.05) is 26.2 Å². The van der Waals surface area contributed by atoms with Crippen molar-refractivity contribution < 1.29 is 23.4 Å². The van der Waals surface area contributed by atoms with Gasteiger partial charge in [-0.15, -0.1) is 0 Å². The molecule has 1 aliphatic rings. The molecule has 2 atom stereocenters. The van der Waals surface area contributed by atoms with E-state index in [1.165, 1.54) is 25.7 Å². The fourth-order valence-electron chi connectivity index (χ4n) is 3.80. The van der Waals surface area contributed by atoms with Gasteiger partial charge in [0, 0.05) is 17.8 Å². The Kier molecular flexibility index (Phi) is 11.4. The van der Waals surface area contributed by atoms with Crippen LogP contribution < -0.4 is 10.1 Å². The lowest BCUT2D eigenvalue weighted by atomic mass is 9.93. The molecular weight excluding hydrogens is 404 g/mol. The molecule has 1 aromatic carbocycles. The summed E-state index contributed by atoms with van der Waals surface area (Å²) >= 11 is -2.57. The highest BCUT2D eigenvalue weighted by Gasteiger charge is 2.26. The van der Waals surface area contributed by atoms with Crippen LogP contribution >= 0.6 is 0 Å². The first-order valence-corrected chi connectivity index (χ1v) is 12.1. The molecule has 1 saturated heterocycles. The number of hydrogen-bond acceptors (Lipinski definition) is 5. The van der Waals surface area contributed by atoms with Gasteiger partial charge in [0.05, 0.1) is 6.61 Å². The molecule has 2 unspecified atom stereocenters. The second-order valence-electron chi connectivity index (χ2n) is 7.95. The standard InChI is InChI=1S/C22H36N2O5S/c1-2-3-15-24(30(27)28)21(22(25)26)17-19-7-9-20(10-8-19)29-16-5-4-6-18-11-13-23-14-12-18/h7-10,18,21,23H,2-6,11-17H2,1H3,(H,25,26)(H,27,28)/p-1. The molecule has 1 aromatic rings. The van der Waals surface area contributed by atoms with Gasteiger partial charge in [0.1, 0.15) is 11.8 Å². The van der Waals surface area contributed by atoms with E-state index in [2.05, 4.69) is 5.32 Å². The zero-order valence-electron chi connectivity index (χ0n) is 17.9. The van der Waals surface area contributed by atoms with Crippen molar-refractivity contribution in [3.05, 3.63) is 29.8 Å². The van der Waals surface area contributed by atoms with E-state index >= 15 is 0 Å². The minimum absolute atomic E-state index is 0.129. The fraction of sp³-hybridized carbons (Fsp3) is 0.682. The first kappa shape index (κ1) is 24.8. The summed E-state index contributed by atoms with van der Waals surface area (Å²) in [7, 11) is 0. The Hall–Kier alpha value is -1.48. The van der Waals surface area contributed by atoms with E-state index in [1.54, 1.807) is 0 Å². The van der Waals surface area contributed by atoms with Gasteiger partial charge in [-0.05, 0) is 75.2 Å². The summed E-state index contributed by atoms with van der Waals surface area (Å²) < 4.78 is 29.8.